The van der Waals surface area contributed by atoms with E-state index in [0.29, 0.717) is 5.92 Å². The highest BCUT2D eigenvalue weighted by molar-refractivity contribution is 5.49. The number of methoxy groups -OCH3 is 1. The van der Waals surface area contributed by atoms with Gasteiger partial charge in [0.15, 0.2) is 0 Å². The van der Waals surface area contributed by atoms with Crippen molar-refractivity contribution in [1.82, 2.24) is 0 Å². The predicted molar refractivity (Wildman–Crippen MR) is 72.6 cm³/mol. The van der Waals surface area contributed by atoms with E-state index in [-0.39, 0.29) is 6.04 Å². The van der Waals surface area contributed by atoms with Gasteiger partial charge in [-0.25, -0.2) is 0 Å². The molecule has 1 aromatic carbocycles. The van der Waals surface area contributed by atoms with Gasteiger partial charge >= 0.3 is 0 Å². The van der Waals surface area contributed by atoms with E-state index in [1.54, 1.807) is 7.11 Å². The molecule has 0 saturated heterocycles. The lowest BCUT2D eigenvalue weighted by molar-refractivity contribution is 0.346. The number of nitrogens with zero attached hydrogens (tertiary/aromatic N) is 1. The molecule has 1 N–H and O–H groups in total. The molecular formula is C15H20N2O. The van der Waals surface area contributed by atoms with Crippen molar-refractivity contribution in [3.05, 3.63) is 24.3 Å². The zero-order chi connectivity index (χ0) is 12.8. The van der Waals surface area contributed by atoms with Gasteiger partial charge < -0.3 is 10.1 Å². The van der Waals surface area contributed by atoms with Crippen molar-refractivity contribution < 1.29 is 4.74 Å². The molecule has 0 bridgehead atoms. The average Bonchev–Trinajstić information content (AvgIpc) is 2.46. The summed E-state index contributed by atoms with van der Waals surface area (Å²) in [5.74, 6) is 1.30. The normalized spacial score (nSPS) is 17.8. The van der Waals surface area contributed by atoms with Crippen molar-refractivity contribution in [2.45, 2.75) is 38.1 Å². The summed E-state index contributed by atoms with van der Waals surface area (Å²) >= 11 is 0. The van der Waals surface area contributed by atoms with Crippen LogP contribution in [0.3, 0.4) is 0 Å². The zero-order valence-electron chi connectivity index (χ0n) is 10.9. The van der Waals surface area contributed by atoms with Gasteiger partial charge in [0.1, 0.15) is 11.8 Å². The number of anilines is 1. The number of hydrogen-bond acceptors (Lipinski definition) is 3. The minimum atomic E-state index is -0.0857. The van der Waals surface area contributed by atoms with Gasteiger partial charge in [-0.2, -0.15) is 5.26 Å². The van der Waals surface area contributed by atoms with Crippen LogP contribution in [0, 0.1) is 17.2 Å². The lowest BCUT2D eigenvalue weighted by Crippen LogP contribution is -2.29. The fourth-order valence-electron chi connectivity index (χ4n) is 2.62. The molecule has 1 atom stereocenters. The molecule has 0 aliphatic heterocycles. The maximum atomic E-state index is 9.32. The second-order valence-corrected chi connectivity index (χ2v) is 4.88. The number of hydrogen-bond donors (Lipinski definition) is 1. The zero-order valence-corrected chi connectivity index (χ0v) is 10.9. The third-order valence-corrected chi connectivity index (χ3v) is 3.65. The Hall–Kier alpha value is -1.69. The summed E-state index contributed by atoms with van der Waals surface area (Å²) in [6.07, 6.45) is 6.14. The van der Waals surface area contributed by atoms with Crippen molar-refractivity contribution in [2.75, 3.05) is 12.4 Å². The molecule has 18 heavy (non-hydrogen) atoms. The number of rotatable bonds is 4. The number of ether oxygens (including phenoxy) is 1. The Balaban J connectivity index is 2.02. The second-order valence-electron chi connectivity index (χ2n) is 4.88. The maximum absolute atomic E-state index is 9.32. The number of nitriles is 1. The molecule has 1 aromatic rings. The van der Waals surface area contributed by atoms with Crippen molar-refractivity contribution in [2.24, 2.45) is 5.92 Å². The molecule has 1 saturated carbocycles. The highest BCUT2D eigenvalue weighted by atomic mass is 16.5. The summed E-state index contributed by atoms with van der Waals surface area (Å²) in [6, 6.07) is 10.1. The molecule has 0 radical (unpaired) electrons. The van der Waals surface area contributed by atoms with Crippen LogP contribution in [-0.4, -0.2) is 13.2 Å². The monoisotopic (exact) mass is 244 g/mol. The van der Waals surface area contributed by atoms with Gasteiger partial charge in [-0.1, -0.05) is 25.3 Å². The first kappa shape index (κ1) is 12.8. The quantitative estimate of drug-likeness (QED) is 0.880. The smallest absolute Gasteiger partial charge is 0.120 e. The van der Waals surface area contributed by atoms with Crippen molar-refractivity contribution in [3.8, 4) is 11.8 Å². The second kappa shape index (κ2) is 6.30. The summed E-state index contributed by atoms with van der Waals surface area (Å²) in [7, 11) is 1.65. The summed E-state index contributed by atoms with van der Waals surface area (Å²) < 4.78 is 5.19. The summed E-state index contributed by atoms with van der Waals surface area (Å²) in [5.41, 5.74) is 0.964. The van der Waals surface area contributed by atoms with Gasteiger partial charge in [0.25, 0.3) is 0 Å². The Bertz CT molecular complexity index is 419. The SMILES string of the molecule is COc1cccc(NC(C#N)C2CCCCC2)c1. The maximum Gasteiger partial charge on any atom is 0.120 e. The lowest BCUT2D eigenvalue weighted by Gasteiger charge is -2.27. The first-order valence-electron chi connectivity index (χ1n) is 6.63. The third-order valence-electron chi connectivity index (χ3n) is 3.65. The Morgan fingerprint density at radius 3 is 2.78 bits per heavy atom. The lowest BCUT2D eigenvalue weighted by atomic mass is 9.84. The molecule has 0 amide bonds. The van der Waals surface area contributed by atoms with E-state index in [9.17, 15) is 5.26 Å². The molecule has 96 valence electrons. The number of benzene rings is 1. The van der Waals surface area contributed by atoms with E-state index in [2.05, 4.69) is 11.4 Å². The Morgan fingerprint density at radius 2 is 2.11 bits per heavy atom. The van der Waals surface area contributed by atoms with Crippen LogP contribution in [-0.2, 0) is 0 Å². The molecule has 0 heterocycles. The molecular weight excluding hydrogens is 224 g/mol. The number of nitrogens with one attached hydrogen (secondary N) is 1. The van der Waals surface area contributed by atoms with E-state index in [0.717, 1.165) is 24.3 Å². The van der Waals surface area contributed by atoms with Crippen LogP contribution >= 0.6 is 0 Å². The molecule has 1 aliphatic carbocycles. The van der Waals surface area contributed by atoms with Gasteiger partial charge in [0.05, 0.1) is 13.2 Å². The van der Waals surface area contributed by atoms with Crippen LogP contribution in [0.25, 0.3) is 0 Å². The predicted octanol–water partition coefficient (Wildman–Crippen LogP) is 3.58. The minimum Gasteiger partial charge on any atom is -0.497 e. The Kier molecular flexibility index (Phi) is 4.46. The van der Waals surface area contributed by atoms with E-state index < -0.39 is 0 Å². The van der Waals surface area contributed by atoms with Crippen molar-refractivity contribution in [3.63, 3.8) is 0 Å². The van der Waals surface area contributed by atoms with Gasteiger partial charge in [-0.15, -0.1) is 0 Å². The largest absolute Gasteiger partial charge is 0.497 e. The van der Waals surface area contributed by atoms with E-state index in [1.165, 1.54) is 19.3 Å². The van der Waals surface area contributed by atoms with E-state index in [4.69, 9.17) is 4.74 Å². The molecule has 2 rings (SSSR count). The van der Waals surface area contributed by atoms with Crippen molar-refractivity contribution >= 4 is 5.69 Å². The van der Waals surface area contributed by atoms with Crippen LogP contribution in [0.5, 0.6) is 5.75 Å². The van der Waals surface area contributed by atoms with Gasteiger partial charge in [0.2, 0.25) is 0 Å². The van der Waals surface area contributed by atoms with Crippen LogP contribution in [0.4, 0.5) is 5.69 Å². The van der Waals surface area contributed by atoms with E-state index in [1.807, 2.05) is 24.3 Å². The molecule has 0 aromatic heterocycles. The third kappa shape index (κ3) is 3.16. The molecule has 1 aliphatic rings. The van der Waals surface area contributed by atoms with Gasteiger partial charge in [0, 0.05) is 11.8 Å². The van der Waals surface area contributed by atoms with Crippen LogP contribution < -0.4 is 10.1 Å². The van der Waals surface area contributed by atoms with Crippen molar-refractivity contribution in [1.29, 1.82) is 5.26 Å². The first-order chi connectivity index (χ1) is 8.83. The summed E-state index contributed by atoms with van der Waals surface area (Å²) in [6.45, 7) is 0. The molecule has 1 fully saturated rings. The van der Waals surface area contributed by atoms with Gasteiger partial charge in [-0.05, 0) is 30.9 Å². The molecule has 3 nitrogen and oxygen atoms in total. The standard InChI is InChI=1S/C15H20N2O/c1-18-14-9-5-8-13(10-14)17-15(11-16)12-6-3-2-4-7-12/h5,8-10,12,15,17H,2-4,6-7H2,1H3. The molecule has 0 spiro atoms. The Labute approximate surface area is 109 Å². The Morgan fingerprint density at radius 1 is 1.33 bits per heavy atom. The fraction of sp³-hybridized carbons (Fsp3) is 0.533. The topological polar surface area (TPSA) is 45.0 Å². The van der Waals surface area contributed by atoms with Crippen LogP contribution in [0.15, 0.2) is 24.3 Å². The summed E-state index contributed by atoms with van der Waals surface area (Å²) in [5, 5.41) is 12.7. The highest BCUT2D eigenvalue weighted by Gasteiger charge is 2.23. The highest BCUT2D eigenvalue weighted by Crippen LogP contribution is 2.28. The van der Waals surface area contributed by atoms with Gasteiger partial charge in [-0.3, -0.25) is 0 Å². The average molecular weight is 244 g/mol. The van der Waals surface area contributed by atoms with Crippen LogP contribution in [0.1, 0.15) is 32.1 Å². The first-order valence-corrected chi connectivity index (χ1v) is 6.63. The van der Waals surface area contributed by atoms with E-state index >= 15 is 0 Å². The summed E-state index contributed by atoms with van der Waals surface area (Å²) in [4.78, 5) is 0. The molecule has 1 unspecified atom stereocenters. The fourth-order valence-corrected chi connectivity index (χ4v) is 2.62. The minimum absolute atomic E-state index is 0.0857. The van der Waals surface area contributed by atoms with Crippen LogP contribution in [0.2, 0.25) is 0 Å². The molecule has 3 heteroatoms.